The van der Waals surface area contributed by atoms with E-state index in [0.717, 1.165) is 0 Å². The number of amides is 2. The molecule has 1 atom stereocenters. The van der Waals surface area contributed by atoms with Crippen molar-refractivity contribution in [3.8, 4) is 0 Å². The van der Waals surface area contributed by atoms with E-state index < -0.39 is 30.4 Å². The second kappa shape index (κ2) is 5.89. The first-order valence-electron chi connectivity index (χ1n) is 3.60. The minimum atomic E-state index is -1.24. The summed E-state index contributed by atoms with van der Waals surface area (Å²) in [5, 5.41) is 8.13. The van der Waals surface area contributed by atoms with Gasteiger partial charge in [-0.3, -0.25) is 14.4 Å². The Hall–Kier alpha value is -1.67. The zero-order valence-corrected chi connectivity index (χ0v) is 7.23. The molecule has 0 rings (SSSR count). The van der Waals surface area contributed by atoms with Gasteiger partial charge >= 0.3 is 5.97 Å². The molecule has 0 saturated heterocycles. The van der Waals surface area contributed by atoms with Gasteiger partial charge in [-0.2, -0.15) is 0 Å². The molecular formula is C6H11N3O5. The highest BCUT2D eigenvalue weighted by atomic mass is 16.7. The van der Waals surface area contributed by atoms with Crippen molar-refractivity contribution in [1.29, 1.82) is 0 Å². The van der Waals surface area contributed by atoms with Crippen molar-refractivity contribution in [3.63, 3.8) is 0 Å². The first kappa shape index (κ1) is 12.3. The van der Waals surface area contributed by atoms with Gasteiger partial charge in [0.15, 0.2) is 6.61 Å². The van der Waals surface area contributed by atoms with Crippen LogP contribution in [0, 0.1) is 0 Å². The van der Waals surface area contributed by atoms with E-state index in [1.807, 2.05) is 0 Å². The van der Waals surface area contributed by atoms with Crippen molar-refractivity contribution in [2.75, 3.05) is 6.61 Å². The van der Waals surface area contributed by atoms with Crippen molar-refractivity contribution in [3.05, 3.63) is 0 Å². The lowest BCUT2D eigenvalue weighted by Gasteiger charge is -2.08. The van der Waals surface area contributed by atoms with E-state index in [1.165, 1.54) is 0 Å². The van der Waals surface area contributed by atoms with Gasteiger partial charge in [0.25, 0.3) is 5.91 Å². The Morgan fingerprint density at radius 3 is 2.43 bits per heavy atom. The molecule has 1 unspecified atom stereocenters. The molecular weight excluding hydrogens is 194 g/mol. The van der Waals surface area contributed by atoms with Crippen molar-refractivity contribution in [1.82, 2.24) is 5.48 Å². The van der Waals surface area contributed by atoms with E-state index in [0.29, 0.717) is 0 Å². The monoisotopic (exact) mass is 205 g/mol. The molecule has 0 aliphatic heterocycles. The van der Waals surface area contributed by atoms with E-state index in [1.54, 1.807) is 5.48 Å². The van der Waals surface area contributed by atoms with Crippen LogP contribution in [0.25, 0.3) is 0 Å². The smallest absolute Gasteiger partial charge is 0.332 e. The molecule has 0 spiro atoms. The molecule has 0 aromatic carbocycles. The first-order valence-corrected chi connectivity index (χ1v) is 3.60. The van der Waals surface area contributed by atoms with Gasteiger partial charge in [0.05, 0.1) is 12.5 Å². The number of rotatable bonds is 6. The fourth-order valence-electron chi connectivity index (χ4n) is 0.554. The highest BCUT2D eigenvalue weighted by molar-refractivity contribution is 5.86. The van der Waals surface area contributed by atoms with Crippen LogP contribution < -0.4 is 16.9 Å². The number of primary amides is 1. The highest BCUT2D eigenvalue weighted by Crippen LogP contribution is 1.86. The summed E-state index contributed by atoms with van der Waals surface area (Å²) in [6.45, 7) is -0.685. The Morgan fingerprint density at radius 1 is 1.43 bits per heavy atom. The molecule has 6 N–H and O–H groups in total. The Kier molecular flexibility index (Phi) is 5.19. The second-order valence-corrected chi connectivity index (χ2v) is 2.43. The van der Waals surface area contributed by atoms with Crippen LogP contribution in [0.15, 0.2) is 0 Å². The van der Waals surface area contributed by atoms with Crippen LogP contribution in [0.3, 0.4) is 0 Å². The standard InChI is InChI=1S/C6H11N3O5/c7-3(1-4(8)10)6(13)9-14-2-5(11)12/h3H,1-2,7H2,(H2,8,10)(H,9,13)(H,11,12). The van der Waals surface area contributed by atoms with Gasteiger partial charge in [-0.05, 0) is 0 Å². The predicted octanol–water partition coefficient (Wildman–Crippen LogP) is -2.68. The van der Waals surface area contributed by atoms with E-state index >= 15 is 0 Å². The molecule has 0 aromatic rings. The molecule has 0 saturated carbocycles. The maximum absolute atomic E-state index is 10.9. The Labute approximate surface area is 79.1 Å². The van der Waals surface area contributed by atoms with Crippen LogP contribution in [0.1, 0.15) is 6.42 Å². The number of carboxylic acid groups (broad SMARTS) is 1. The van der Waals surface area contributed by atoms with Crippen molar-refractivity contribution < 1.29 is 24.3 Å². The third kappa shape index (κ3) is 5.91. The number of aliphatic carboxylic acids is 1. The van der Waals surface area contributed by atoms with Crippen LogP contribution >= 0.6 is 0 Å². The average Bonchev–Trinajstić information content (AvgIpc) is 2.01. The zero-order chi connectivity index (χ0) is 11.1. The van der Waals surface area contributed by atoms with Gasteiger partial charge in [-0.25, -0.2) is 10.3 Å². The minimum Gasteiger partial charge on any atom is -0.479 e. The number of nitrogens with two attached hydrogens (primary N) is 2. The second-order valence-electron chi connectivity index (χ2n) is 2.43. The van der Waals surface area contributed by atoms with Crippen LogP contribution in [-0.4, -0.2) is 35.5 Å². The average molecular weight is 205 g/mol. The van der Waals surface area contributed by atoms with E-state index in [-0.39, 0.29) is 6.42 Å². The molecule has 8 heteroatoms. The Bertz CT molecular complexity index is 242. The Balaban J connectivity index is 3.73. The summed E-state index contributed by atoms with van der Waals surface area (Å²) in [6.07, 6.45) is -0.331. The quantitative estimate of drug-likeness (QED) is 0.348. The largest absolute Gasteiger partial charge is 0.479 e. The number of carbonyl (C=O) groups excluding carboxylic acids is 2. The lowest BCUT2D eigenvalue weighted by atomic mass is 10.2. The van der Waals surface area contributed by atoms with Crippen LogP contribution in [0.4, 0.5) is 0 Å². The third-order valence-electron chi connectivity index (χ3n) is 1.13. The molecule has 0 aromatic heterocycles. The molecule has 8 nitrogen and oxygen atoms in total. The van der Waals surface area contributed by atoms with Crippen LogP contribution in [0.5, 0.6) is 0 Å². The molecule has 0 heterocycles. The van der Waals surface area contributed by atoms with E-state index in [9.17, 15) is 14.4 Å². The molecule has 0 fully saturated rings. The van der Waals surface area contributed by atoms with Gasteiger partial charge in [0.1, 0.15) is 0 Å². The molecule has 0 aliphatic rings. The summed E-state index contributed by atoms with van der Waals surface area (Å²) in [5.41, 5.74) is 11.7. The Morgan fingerprint density at radius 2 is 2.00 bits per heavy atom. The summed E-state index contributed by atoms with van der Waals surface area (Å²) in [6, 6.07) is -1.14. The number of hydrogen-bond acceptors (Lipinski definition) is 5. The topological polar surface area (TPSA) is 145 Å². The number of carbonyl (C=O) groups is 3. The summed E-state index contributed by atoms with van der Waals surface area (Å²) in [4.78, 5) is 35.4. The van der Waals surface area contributed by atoms with E-state index in [2.05, 4.69) is 4.84 Å². The van der Waals surface area contributed by atoms with Crippen molar-refractivity contribution in [2.45, 2.75) is 12.5 Å². The number of nitrogens with one attached hydrogen (secondary N) is 1. The molecule has 0 bridgehead atoms. The SMILES string of the molecule is NC(=O)CC(N)C(=O)NOCC(=O)O. The first-order chi connectivity index (χ1) is 6.43. The fraction of sp³-hybridized carbons (Fsp3) is 0.500. The summed E-state index contributed by atoms with van der Waals surface area (Å²) >= 11 is 0. The fourth-order valence-corrected chi connectivity index (χ4v) is 0.554. The van der Waals surface area contributed by atoms with Crippen molar-refractivity contribution >= 4 is 17.8 Å². The predicted molar refractivity (Wildman–Crippen MR) is 43.5 cm³/mol. The van der Waals surface area contributed by atoms with Gasteiger partial charge in [0.2, 0.25) is 5.91 Å². The van der Waals surface area contributed by atoms with Gasteiger partial charge in [0, 0.05) is 0 Å². The summed E-state index contributed by atoms with van der Waals surface area (Å²) in [7, 11) is 0. The molecule has 80 valence electrons. The lowest BCUT2D eigenvalue weighted by Crippen LogP contribution is -2.43. The maximum Gasteiger partial charge on any atom is 0.332 e. The van der Waals surface area contributed by atoms with Crippen LogP contribution in [-0.2, 0) is 19.2 Å². The van der Waals surface area contributed by atoms with Gasteiger partial charge < -0.3 is 16.6 Å². The van der Waals surface area contributed by atoms with Gasteiger partial charge in [-0.15, -0.1) is 0 Å². The molecule has 14 heavy (non-hydrogen) atoms. The molecule has 0 radical (unpaired) electrons. The highest BCUT2D eigenvalue weighted by Gasteiger charge is 2.16. The van der Waals surface area contributed by atoms with E-state index in [4.69, 9.17) is 16.6 Å². The summed E-state index contributed by atoms with van der Waals surface area (Å²) in [5.74, 6) is -2.77. The molecule has 2 amide bonds. The third-order valence-corrected chi connectivity index (χ3v) is 1.13. The number of hydroxylamine groups is 1. The van der Waals surface area contributed by atoms with Crippen molar-refractivity contribution in [2.24, 2.45) is 11.5 Å². The lowest BCUT2D eigenvalue weighted by molar-refractivity contribution is -0.150. The summed E-state index contributed by atoms with van der Waals surface area (Å²) < 4.78 is 0. The number of hydrogen-bond donors (Lipinski definition) is 4. The maximum atomic E-state index is 10.9. The minimum absolute atomic E-state index is 0.331. The molecule has 0 aliphatic carbocycles. The number of carboxylic acids is 1. The normalized spacial score (nSPS) is 11.8. The van der Waals surface area contributed by atoms with Crippen LogP contribution in [0.2, 0.25) is 0 Å². The zero-order valence-electron chi connectivity index (χ0n) is 7.23. The van der Waals surface area contributed by atoms with Gasteiger partial charge in [-0.1, -0.05) is 0 Å².